The molecule has 0 heterocycles. The quantitative estimate of drug-likeness (QED) is 0.859. The minimum absolute atomic E-state index is 0.0801. The first-order chi connectivity index (χ1) is 10.4. The SMILES string of the molecule is COc1cc(C)c(N)cc1S(=O)(=O)N(C)Cc1ccccc1. The van der Waals surface area contributed by atoms with Gasteiger partial charge in [-0.1, -0.05) is 30.3 Å². The van der Waals surface area contributed by atoms with Gasteiger partial charge >= 0.3 is 0 Å². The number of rotatable bonds is 5. The van der Waals surface area contributed by atoms with Crippen LogP contribution < -0.4 is 10.5 Å². The van der Waals surface area contributed by atoms with E-state index in [0.717, 1.165) is 11.1 Å². The highest BCUT2D eigenvalue weighted by molar-refractivity contribution is 7.89. The fourth-order valence-corrected chi connectivity index (χ4v) is 3.46. The molecule has 2 aromatic carbocycles. The highest BCUT2D eigenvalue weighted by Gasteiger charge is 2.25. The van der Waals surface area contributed by atoms with Crippen molar-refractivity contribution < 1.29 is 13.2 Å². The average molecular weight is 320 g/mol. The van der Waals surface area contributed by atoms with Gasteiger partial charge in [0.1, 0.15) is 10.6 Å². The van der Waals surface area contributed by atoms with Crippen molar-refractivity contribution in [2.24, 2.45) is 0 Å². The first kappa shape index (κ1) is 16.3. The van der Waals surface area contributed by atoms with Crippen LogP contribution in [0.15, 0.2) is 47.4 Å². The Morgan fingerprint density at radius 1 is 1.18 bits per heavy atom. The van der Waals surface area contributed by atoms with E-state index >= 15 is 0 Å². The number of methoxy groups -OCH3 is 1. The number of nitrogen functional groups attached to an aromatic ring is 1. The Labute approximate surface area is 131 Å². The van der Waals surface area contributed by atoms with Crippen molar-refractivity contribution in [3.8, 4) is 5.75 Å². The van der Waals surface area contributed by atoms with E-state index in [9.17, 15) is 8.42 Å². The number of nitrogens with zero attached hydrogens (tertiary/aromatic N) is 1. The average Bonchev–Trinajstić information content (AvgIpc) is 2.50. The summed E-state index contributed by atoms with van der Waals surface area (Å²) in [6.45, 7) is 2.09. The number of hydrogen-bond donors (Lipinski definition) is 1. The zero-order valence-corrected chi connectivity index (χ0v) is 13.7. The molecule has 6 heteroatoms. The molecule has 0 saturated heterocycles. The fourth-order valence-electron chi connectivity index (χ4n) is 2.13. The molecule has 2 N–H and O–H groups in total. The van der Waals surface area contributed by atoms with Gasteiger partial charge in [0.15, 0.2) is 0 Å². The van der Waals surface area contributed by atoms with Crippen molar-refractivity contribution in [2.75, 3.05) is 19.9 Å². The summed E-state index contributed by atoms with van der Waals surface area (Å²) in [5, 5.41) is 0. The van der Waals surface area contributed by atoms with Crippen LogP contribution in [0, 0.1) is 6.92 Å². The third-order valence-corrected chi connectivity index (χ3v) is 5.31. The summed E-state index contributed by atoms with van der Waals surface area (Å²) < 4.78 is 32.0. The minimum atomic E-state index is -3.69. The van der Waals surface area contributed by atoms with E-state index in [4.69, 9.17) is 10.5 Å². The van der Waals surface area contributed by atoms with Gasteiger partial charge in [0.05, 0.1) is 7.11 Å². The fraction of sp³-hybridized carbons (Fsp3) is 0.250. The molecule has 0 aliphatic heterocycles. The summed E-state index contributed by atoms with van der Waals surface area (Å²) >= 11 is 0. The molecule has 118 valence electrons. The molecule has 22 heavy (non-hydrogen) atoms. The Morgan fingerprint density at radius 2 is 1.82 bits per heavy atom. The van der Waals surface area contributed by atoms with Crippen LogP contribution in [0.25, 0.3) is 0 Å². The number of sulfonamides is 1. The largest absolute Gasteiger partial charge is 0.495 e. The maximum Gasteiger partial charge on any atom is 0.246 e. The Morgan fingerprint density at radius 3 is 2.41 bits per heavy atom. The van der Waals surface area contributed by atoms with Crippen LogP contribution in [0.1, 0.15) is 11.1 Å². The Balaban J connectivity index is 2.40. The van der Waals surface area contributed by atoms with Gasteiger partial charge < -0.3 is 10.5 Å². The van der Waals surface area contributed by atoms with Crippen molar-refractivity contribution >= 4 is 15.7 Å². The molecular weight excluding hydrogens is 300 g/mol. The molecule has 0 fully saturated rings. The van der Waals surface area contributed by atoms with Crippen LogP contribution >= 0.6 is 0 Å². The van der Waals surface area contributed by atoms with Crippen molar-refractivity contribution in [1.29, 1.82) is 0 Å². The molecule has 0 unspecified atom stereocenters. The lowest BCUT2D eigenvalue weighted by Crippen LogP contribution is -2.27. The van der Waals surface area contributed by atoms with E-state index in [0.29, 0.717) is 11.4 Å². The zero-order chi connectivity index (χ0) is 16.3. The predicted octanol–water partition coefficient (Wildman–Crippen LogP) is 2.41. The van der Waals surface area contributed by atoms with Crippen molar-refractivity contribution in [3.63, 3.8) is 0 Å². The van der Waals surface area contributed by atoms with E-state index in [2.05, 4.69) is 0 Å². The van der Waals surface area contributed by atoms with Gasteiger partial charge in [-0.2, -0.15) is 4.31 Å². The van der Waals surface area contributed by atoms with Crippen molar-refractivity contribution in [1.82, 2.24) is 4.31 Å². The molecule has 0 amide bonds. The second-order valence-electron chi connectivity index (χ2n) is 5.11. The summed E-state index contributed by atoms with van der Waals surface area (Å²) in [6.07, 6.45) is 0. The lowest BCUT2D eigenvalue weighted by molar-refractivity contribution is 0.397. The highest BCUT2D eigenvalue weighted by Crippen LogP contribution is 2.31. The number of benzene rings is 2. The smallest absolute Gasteiger partial charge is 0.246 e. The third-order valence-electron chi connectivity index (χ3n) is 3.49. The van der Waals surface area contributed by atoms with Gasteiger partial charge in [-0.15, -0.1) is 0 Å². The number of nitrogens with two attached hydrogens (primary N) is 1. The van der Waals surface area contributed by atoms with Crippen LogP contribution in [0.3, 0.4) is 0 Å². The normalized spacial score (nSPS) is 11.6. The molecule has 0 aromatic heterocycles. The van der Waals surface area contributed by atoms with E-state index in [1.807, 2.05) is 37.3 Å². The number of hydrogen-bond acceptors (Lipinski definition) is 4. The van der Waals surface area contributed by atoms with Gasteiger partial charge in [0.25, 0.3) is 0 Å². The van der Waals surface area contributed by atoms with Gasteiger partial charge in [-0.05, 0) is 30.2 Å². The minimum Gasteiger partial charge on any atom is -0.495 e. The van der Waals surface area contributed by atoms with E-state index < -0.39 is 10.0 Å². The van der Waals surface area contributed by atoms with Gasteiger partial charge in [-0.3, -0.25) is 0 Å². The summed E-state index contributed by atoms with van der Waals surface area (Å²) in [5.74, 6) is 0.298. The lowest BCUT2D eigenvalue weighted by atomic mass is 10.2. The van der Waals surface area contributed by atoms with Gasteiger partial charge in [0.2, 0.25) is 10.0 Å². The van der Waals surface area contributed by atoms with Gasteiger partial charge in [0, 0.05) is 19.3 Å². The summed E-state index contributed by atoms with van der Waals surface area (Å²) in [7, 11) is -0.706. The standard InChI is InChI=1S/C16H20N2O3S/c1-12-9-15(21-3)16(10-14(12)17)22(19,20)18(2)11-13-7-5-4-6-8-13/h4-10H,11,17H2,1-3H3. The highest BCUT2D eigenvalue weighted by atomic mass is 32.2. The number of aryl methyl sites for hydroxylation is 1. The molecule has 0 bridgehead atoms. The molecule has 2 aromatic rings. The Kier molecular flexibility index (Phi) is 4.73. The Bertz CT molecular complexity index is 758. The van der Waals surface area contributed by atoms with Crippen LogP contribution in [0.4, 0.5) is 5.69 Å². The van der Waals surface area contributed by atoms with Crippen molar-refractivity contribution in [3.05, 3.63) is 53.6 Å². The van der Waals surface area contributed by atoms with E-state index in [1.165, 1.54) is 24.5 Å². The van der Waals surface area contributed by atoms with Crippen LogP contribution in [0.2, 0.25) is 0 Å². The van der Waals surface area contributed by atoms with Crippen molar-refractivity contribution in [2.45, 2.75) is 18.4 Å². The summed E-state index contributed by atoms with van der Waals surface area (Å²) in [6, 6.07) is 12.5. The van der Waals surface area contributed by atoms with Crippen LogP contribution in [0.5, 0.6) is 5.75 Å². The molecular formula is C16H20N2O3S. The summed E-state index contributed by atoms with van der Waals surface area (Å²) in [5.41, 5.74) is 7.97. The molecule has 0 spiro atoms. The summed E-state index contributed by atoms with van der Waals surface area (Å²) in [4.78, 5) is 0.0801. The zero-order valence-electron chi connectivity index (χ0n) is 12.9. The predicted molar refractivity (Wildman–Crippen MR) is 87.2 cm³/mol. The van der Waals surface area contributed by atoms with E-state index in [-0.39, 0.29) is 11.4 Å². The topological polar surface area (TPSA) is 72.6 Å². The molecule has 0 atom stereocenters. The second kappa shape index (κ2) is 6.37. The van der Waals surface area contributed by atoms with E-state index in [1.54, 1.807) is 6.07 Å². The number of ether oxygens (including phenoxy) is 1. The molecule has 0 radical (unpaired) electrons. The molecule has 2 rings (SSSR count). The van der Waals surface area contributed by atoms with Crippen LogP contribution in [-0.2, 0) is 16.6 Å². The van der Waals surface area contributed by atoms with Gasteiger partial charge in [-0.25, -0.2) is 8.42 Å². The first-order valence-electron chi connectivity index (χ1n) is 6.80. The maximum absolute atomic E-state index is 12.8. The third kappa shape index (κ3) is 3.23. The second-order valence-corrected chi connectivity index (χ2v) is 7.12. The maximum atomic E-state index is 12.8. The lowest BCUT2D eigenvalue weighted by Gasteiger charge is -2.20. The molecule has 5 nitrogen and oxygen atoms in total. The van der Waals surface area contributed by atoms with Crippen LogP contribution in [-0.4, -0.2) is 26.9 Å². The molecule has 0 saturated carbocycles. The number of anilines is 1. The molecule has 0 aliphatic rings. The molecule has 0 aliphatic carbocycles. The first-order valence-corrected chi connectivity index (χ1v) is 8.24. The Hall–Kier alpha value is -2.05. The monoisotopic (exact) mass is 320 g/mol.